The van der Waals surface area contributed by atoms with Gasteiger partial charge in [-0.1, -0.05) is 0 Å². The number of hydrogen-bond acceptors (Lipinski definition) is 2. The lowest BCUT2D eigenvalue weighted by molar-refractivity contribution is 0.570. The van der Waals surface area contributed by atoms with Gasteiger partial charge >= 0.3 is 0 Å². The molecule has 0 fully saturated rings. The van der Waals surface area contributed by atoms with Gasteiger partial charge in [0.05, 0.1) is 4.47 Å². The third-order valence-electron chi connectivity index (χ3n) is 0.581. The summed E-state index contributed by atoms with van der Waals surface area (Å²) in [6.07, 6.45) is 3.39. The van der Waals surface area contributed by atoms with E-state index in [1.807, 2.05) is 0 Å². The van der Waals surface area contributed by atoms with Crippen molar-refractivity contribution in [3.63, 3.8) is 0 Å². The summed E-state index contributed by atoms with van der Waals surface area (Å²) in [5, 5.41) is 0. The summed E-state index contributed by atoms with van der Waals surface area (Å²) in [6.45, 7) is 0. The van der Waals surface area contributed by atoms with E-state index in [0.29, 0.717) is 0 Å². The van der Waals surface area contributed by atoms with Crippen molar-refractivity contribution in [1.29, 1.82) is 0 Å². The number of hydrogen-bond donors (Lipinski definition) is 0. The zero-order valence-corrected chi connectivity index (χ0v) is 5.31. The largest absolute Gasteiger partial charge is 0.232 e. The molecule has 1 aromatic rings. The van der Waals surface area contributed by atoms with Crippen LogP contribution in [0.4, 0.5) is 4.39 Å². The summed E-state index contributed by atoms with van der Waals surface area (Å²) >= 11 is 2.88. The maximum Gasteiger partial charge on any atom is 0.230 e. The van der Waals surface area contributed by atoms with Crippen molar-refractivity contribution < 1.29 is 4.39 Å². The summed E-state index contributed by atoms with van der Waals surface area (Å²) in [5.41, 5.74) is 0. The maximum absolute atomic E-state index is 12.1. The van der Waals surface area contributed by atoms with E-state index in [0.717, 1.165) is 0 Å². The highest BCUT2D eigenvalue weighted by molar-refractivity contribution is 9.10. The molecule has 4 heteroatoms. The topological polar surface area (TPSA) is 25.8 Å². The summed E-state index contributed by atoms with van der Waals surface area (Å²) in [6, 6.07) is 0. The van der Waals surface area contributed by atoms with Crippen molar-refractivity contribution in [3.05, 3.63) is 22.9 Å². The van der Waals surface area contributed by atoms with Gasteiger partial charge in [0.25, 0.3) is 0 Å². The molecule has 41 valence electrons. The standard InChI is InChI=1S/C4HBrFN2/c5-3-1-7-2-8-4(3)6/h1H. The van der Waals surface area contributed by atoms with Crippen LogP contribution in [0.2, 0.25) is 0 Å². The normalized spacial score (nSPS) is 9.25. The van der Waals surface area contributed by atoms with E-state index in [4.69, 9.17) is 0 Å². The third kappa shape index (κ3) is 1.01. The summed E-state index contributed by atoms with van der Waals surface area (Å²) in [5.74, 6) is -0.583. The van der Waals surface area contributed by atoms with Crippen LogP contribution in [0.1, 0.15) is 0 Å². The predicted octanol–water partition coefficient (Wildman–Crippen LogP) is 1.18. The Balaban J connectivity index is 3.13. The average molecular weight is 176 g/mol. The van der Waals surface area contributed by atoms with E-state index in [9.17, 15) is 4.39 Å². The second-order valence-electron chi connectivity index (χ2n) is 1.11. The first-order valence-corrected chi connectivity index (χ1v) is 2.64. The van der Waals surface area contributed by atoms with Gasteiger partial charge in [0.15, 0.2) is 0 Å². The van der Waals surface area contributed by atoms with E-state index in [1.54, 1.807) is 0 Å². The van der Waals surface area contributed by atoms with Crippen molar-refractivity contribution in [3.8, 4) is 0 Å². The molecule has 8 heavy (non-hydrogen) atoms. The highest BCUT2D eigenvalue weighted by Crippen LogP contribution is 2.07. The maximum atomic E-state index is 12.1. The van der Waals surface area contributed by atoms with E-state index in [2.05, 4.69) is 32.2 Å². The van der Waals surface area contributed by atoms with Crippen LogP contribution in [-0.2, 0) is 0 Å². The van der Waals surface area contributed by atoms with Crippen LogP contribution in [0, 0.1) is 12.3 Å². The van der Waals surface area contributed by atoms with Crippen LogP contribution in [0.15, 0.2) is 10.7 Å². The SMILES string of the molecule is Fc1n[c]ncc1Br. The average Bonchev–Trinajstić information content (AvgIpc) is 1.77. The second kappa shape index (κ2) is 2.17. The molecule has 0 aliphatic rings. The monoisotopic (exact) mass is 175 g/mol. The van der Waals surface area contributed by atoms with Gasteiger partial charge in [-0.25, -0.2) is 4.98 Å². The second-order valence-corrected chi connectivity index (χ2v) is 1.96. The number of aromatic nitrogens is 2. The first-order chi connectivity index (χ1) is 3.80. The van der Waals surface area contributed by atoms with Crippen LogP contribution in [-0.4, -0.2) is 9.97 Å². The first kappa shape index (κ1) is 5.62. The molecule has 2 nitrogen and oxygen atoms in total. The van der Waals surface area contributed by atoms with Gasteiger partial charge in [0, 0.05) is 6.20 Å². The molecule has 0 aromatic carbocycles. The highest BCUT2D eigenvalue weighted by atomic mass is 79.9. The Bertz CT molecular complexity index is 170. The zero-order chi connectivity index (χ0) is 5.98. The Labute approximate surface area is 53.9 Å². The van der Waals surface area contributed by atoms with Gasteiger partial charge in [-0.2, -0.15) is 9.37 Å². The summed E-state index contributed by atoms with van der Waals surface area (Å²) in [4.78, 5) is 6.55. The molecule has 1 rings (SSSR count). The molecule has 0 spiro atoms. The fourth-order valence-electron chi connectivity index (χ4n) is 0.265. The van der Waals surface area contributed by atoms with E-state index in [1.165, 1.54) is 6.20 Å². The lowest BCUT2D eigenvalue weighted by Gasteiger charge is -1.84. The molecular weight excluding hydrogens is 175 g/mol. The van der Waals surface area contributed by atoms with Gasteiger partial charge in [0.1, 0.15) is 0 Å². The van der Waals surface area contributed by atoms with Gasteiger partial charge in [-0.3, -0.25) is 0 Å². The number of halogens is 2. The molecule has 0 aliphatic carbocycles. The molecular formula is C4HBrFN2. The Hall–Kier alpha value is -0.510. The van der Waals surface area contributed by atoms with E-state index >= 15 is 0 Å². The first-order valence-electron chi connectivity index (χ1n) is 1.85. The fourth-order valence-corrected chi connectivity index (χ4v) is 0.456. The lowest BCUT2D eigenvalue weighted by Crippen LogP contribution is -1.83. The lowest BCUT2D eigenvalue weighted by atomic mass is 10.7. The molecule has 0 atom stereocenters. The Morgan fingerprint density at radius 1 is 1.75 bits per heavy atom. The van der Waals surface area contributed by atoms with Crippen LogP contribution in [0.5, 0.6) is 0 Å². The van der Waals surface area contributed by atoms with Gasteiger partial charge in [-0.05, 0) is 15.9 Å². The van der Waals surface area contributed by atoms with E-state index < -0.39 is 5.95 Å². The van der Waals surface area contributed by atoms with Gasteiger partial charge in [-0.15, -0.1) is 0 Å². The number of rotatable bonds is 0. The number of nitrogens with zero attached hydrogens (tertiary/aromatic N) is 2. The predicted molar refractivity (Wildman–Crippen MR) is 28.5 cm³/mol. The highest BCUT2D eigenvalue weighted by Gasteiger charge is 1.94. The van der Waals surface area contributed by atoms with Crippen LogP contribution in [0.3, 0.4) is 0 Å². The van der Waals surface area contributed by atoms with E-state index in [-0.39, 0.29) is 4.47 Å². The Kier molecular flexibility index (Phi) is 1.53. The quantitative estimate of drug-likeness (QED) is 0.554. The molecule has 0 bridgehead atoms. The smallest absolute Gasteiger partial charge is 0.230 e. The molecule has 0 saturated carbocycles. The van der Waals surface area contributed by atoms with Crippen LogP contribution in [0.25, 0.3) is 0 Å². The van der Waals surface area contributed by atoms with Crippen molar-refractivity contribution in [2.75, 3.05) is 0 Å². The van der Waals surface area contributed by atoms with Crippen LogP contribution < -0.4 is 0 Å². The molecule has 1 radical (unpaired) electrons. The van der Waals surface area contributed by atoms with Crippen LogP contribution >= 0.6 is 15.9 Å². The molecule has 0 saturated heterocycles. The fraction of sp³-hybridized carbons (Fsp3) is 0. The molecule has 0 unspecified atom stereocenters. The Morgan fingerprint density at radius 2 is 2.50 bits per heavy atom. The molecule has 1 heterocycles. The molecule has 0 N–H and O–H groups in total. The molecule has 0 amide bonds. The molecule has 0 aliphatic heterocycles. The van der Waals surface area contributed by atoms with Crippen molar-refractivity contribution in [2.24, 2.45) is 0 Å². The summed E-state index contributed by atoms with van der Waals surface area (Å²) < 4.78 is 12.3. The van der Waals surface area contributed by atoms with Gasteiger partial charge in [0.2, 0.25) is 12.3 Å². The third-order valence-corrected chi connectivity index (χ3v) is 1.11. The van der Waals surface area contributed by atoms with Crippen molar-refractivity contribution in [1.82, 2.24) is 9.97 Å². The van der Waals surface area contributed by atoms with Crippen molar-refractivity contribution in [2.45, 2.75) is 0 Å². The van der Waals surface area contributed by atoms with Crippen molar-refractivity contribution >= 4 is 15.9 Å². The molecule has 1 aromatic heterocycles. The Morgan fingerprint density at radius 3 is 2.88 bits per heavy atom. The van der Waals surface area contributed by atoms with Gasteiger partial charge < -0.3 is 0 Å². The summed E-state index contributed by atoms with van der Waals surface area (Å²) in [7, 11) is 0. The minimum Gasteiger partial charge on any atom is -0.232 e. The zero-order valence-electron chi connectivity index (χ0n) is 3.73. The minimum absolute atomic E-state index is 0.260. The minimum atomic E-state index is -0.583.